The minimum absolute atomic E-state index is 0.669. The highest BCUT2D eigenvalue weighted by Gasteiger charge is 2.34. The monoisotopic (exact) mass is 325 g/mol. The molecule has 0 bridgehead atoms. The van der Waals surface area contributed by atoms with E-state index in [4.69, 9.17) is 4.42 Å². The zero-order chi connectivity index (χ0) is 16.4. The van der Waals surface area contributed by atoms with Gasteiger partial charge in [0.05, 0.1) is 0 Å². The smallest absolute Gasteiger partial charge is 0.216 e. The second-order valence-electron chi connectivity index (χ2n) is 7.26. The molecule has 2 heterocycles. The van der Waals surface area contributed by atoms with E-state index in [1.54, 1.807) is 11.1 Å². The maximum Gasteiger partial charge on any atom is 0.216 e. The van der Waals surface area contributed by atoms with Crippen LogP contribution in [-0.2, 0) is 12.8 Å². The number of rotatable bonds is 5. The summed E-state index contributed by atoms with van der Waals surface area (Å²) in [4.78, 5) is 2.72. The van der Waals surface area contributed by atoms with E-state index < -0.39 is 0 Å². The van der Waals surface area contributed by atoms with Gasteiger partial charge in [0, 0.05) is 19.4 Å². The fourth-order valence-electron chi connectivity index (χ4n) is 4.65. The molecule has 128 valence electrons. The van der Waals surface area contributed by atoms with Crippen molar-refractivity contribution in [3.8, 4) is 0 Å². The Balaban J connectivity index is 1.40. The predicted octanol–water partition coefficient (Wildman–Crippen LogP) is 3.90. The van der Waals surface area contributed by atoms with Crippen molar-refractivity contribution in [3.63, 3.8) is 0 Å². The van der Waals surface area contributed by atoms with Crippen LogP contribution in [0.5, 0.6) is 0 Å². The molecule has 2 aromatic rings. The Morgan fingerprint density at radius 2 is 2.08 bits per heavy atom. The van der Waals surface area contributed by atoms with Crippen LogP contribution in [0.4, 0.5) is 0 Å². The molecule has 0 unspecified atom stereocenters. The molecule has 0 radical (unpaired) electrons. The van der Waals surface area contributed by atoms with Gasteiger partial charge in [-0.15, -0.1) is 10.2 Å². The molecule has 0 amide bonds. The standard InChI is InChI=1S/C20H27N3O/c1-15-21-22-20(24-15)12-6-14-23-13-5-11-19(23)18-10-4-8-16-7-2-3-9-17(16)18/h2-3,7,9,18-19H,4-6,8,10-14H2,1H3/t18-,19-/m1/s1. The minimum atomic E-state index is 0.669. The molecule has 24 heavy (non-hydrogen) atoms. The highest BCUT2D eigenvalue weighted by Crippen LogP contribution is 2.39. The molecule has 4 nitrogen and oxygen atoms in total. The van der Waals surface area contributed by atoms with Crippen LogP contribution in [0.3, 0.4) is 0 Å². The number of benzene rings is 1. The molecule has 1 aliphatic carbocycles. The Morgan fingerprint density at radius 1 is 1.17 bits per heavy atom. The lowest BCUT2D eigenvalue weighted by Gasteiger charge is -2.35. The molecule has 1 aromatic heterocycles. The first-order valence-electron chi connectivity index (χ1n) is 9.42. The summed E-state index contributed by atoms with van der Waals surface area (Å²) in [5, 5.41) is 8.03. The van der Waals surface area contributed by atoms with E-state index in [-0.39, 0.29) is 0 Å². The Morgan fingerprint density at radius 3 is 2.96 bits per heavy atom. The van der Waals surface area contributed by atoms with Crippen molar-refractivity contribution < 1.29 is 4.42 Å². The van der Waals surface area contributed by atoms with Crippen LogP contribution in [0.2, 0.25) is 0 Å². The van der Waals surface area contributed by atoms with E-state index in [2.05, 4.69) is 39.4 Å². The number of fused-ring (bicyclic) bond motifs is 1. The summed E-state index contributed by atoms with van der Waals surface area (Å²) < 4.78 is 5.50. The SMILES string of the molecule is Cc1nnc(CCCN2CCC[C@@H]2[C@@H]2CCCc3ccccc32)o1. The van der Waals surface area contributed by atoms with Gasteiger partial charge in [-0.25, -0.2) is 0 Å². The molecule has 1 aliphatic heterocycles. The van der Waals surface area contributed by atoms with Crippen LogP contribution in [0.1, 0.15) is 60.9 Å². The summed E-state index contributed by atoms with van der Waals surface area (Å²) in [5.74, 6) is 2.18. The van der Waals surface area contributed by atoms with Crippen LogP contribution in [0, 0.1) is 6.92 Å². The first-order valence-corrected chi connectivity index (χ1v) is 9.42. The topological polar surface area (TPSA) is 42.2 Å². The van der Waals surface area contributed by atoms with Gasteiger partial charge in [-0.1, -0.05) is 24.3 Å². The third-order valence-corrected chi connectivity index (χ3v) is 5.70. The average Bonchev–Trinajstić information content (AvgIpc) is 3.23. The second-order valence-corrected chi connectivity index (χ2v) is 7.26. The van der Waals surface area contributed by atoms with E-state index in [1.165, 1.54) is 38.6 Å². The molecule has 2 atom stereocenters. The van der Waals surface area contributed by atoms with Crippen LogP contribution < -0.4 is 0 Å². The van der Waals surface area contributed by atoms with Crippen molar-refractivity contribution in [1.29, 1.82) is 0 Å². The van der Waals surface area contributed by atoms with Gasteiger partial charge in [0.2, 0.25) is 11.8 Å². The molecule has 0 spiro atoms. The lowest BCUT2D eigenvalue weighted by atomic mass is 9.78. The quantitative estimate of drug-likeness (QED) is 0.836. The van der Waals surface area contributed by atoms with E-state index in [9.17, 15) is 0 Å². The largest absolute Gasteiger partial charge is 0.426 e. The van der Waals surface area contributed by atoms with Gasteiger partial charge in [0.1, 0.15) is 0 Å². The third-order valence-electron chi connectivity index (χ3n) is 5.70. The van der Waals surface area contributed by atoms with Gasteiger partial charge in [0.25, 0.3) is 0 Å². The summed E-state index contributed by atoms with van der Waals surface area (Å²) in [6.07, 6.45) is 8.63. The zero-order valence-corrected chi connectivity index (χ0v) is 14.6. The van der Waals surface area contributed by atoms with Crippen molar-refractivity contribution >= 4 is 0 Å². The molecule has 0 N–H and O–H groups in total. The molecule has 1 fully saturated rings. The van der Waals surface area contributed by atoms with Crippen molar-refractivity contribution in [2.75, 3.05) is 13.1 Å². The summed E-state index contributed by atoms with van der Waals surface area (Å²) in [6, 6.07) is 9.83. The Hall–Kier alpha value is -1.68. The number of hydrogen-bond acceptors (Lipinski definition) is 4. The Labute approximate surface area is 144 Å². The fourth-order valence-corrected chi connectivity index (χ4v) is 4.65. The lowest BCUT2D eigenvalue weighted by molar-refractivity contribution is 0.209. The van der Waals surface area contributed by atoms with Crippen molar-refractivity contribution in [1.82, 2.24) is 15.1 Å². The molecule has 0 saturated carbocycles. The maximum absolute atomic E-state index is 5.50. The van der Waals surface area contributed by atoms with E-state index in [0.29, 0.717) is 5.89 Å². The van der Waals surface area contributed by atoms with E-state index in [1.807, 2.05) is 6.92 Å². The Kier molecular flexibility index (Phi) is 4.65. The van der Waals surface area contributed by atoms with Crippen LogP contribution in [-0.4, -0.2) is 34.2 Å². The normalized spacial score (nSPS) is 24.2. The van der Waals surface area contributed by atoms with Gasteiger partial charge in [-0.05, 0) is 68.7 Å². The summed E-state index contributed by atoms with van der Waals surface area (Å²) in [5.41, 5.74) is 3.20. The number of hydrogen-bond donors (Lipinski definition) is 0. The first kappa shape index (κ1) is 15.8. The lowest BCUT2D eigenvalue weighted by Crippen LogP contribution is -2.36. The van der Waals surface area contributed by atoms with Gasteiger partial charge in [-0.2, -0.15) is 0 Å². The highest BCUT2D eigenvalue weighted by atomic mass is 16.4. The molecule has 1 saturated heterocycles. The number of aromatic nitrogens is 2. The molecular formula is C20H27N3O. The highest BCUT2D eigenvalue weighted by molar-refractivity contribution is 5.34. The van der Waals surface area contributed by atoms with Gasteiger partial charge in [-0.3, -0.25) is 4.90 Å². The molecule has 4 rings (SSSR count). The van der Waals surface area contributed by atoms with E-state index >= 15 is 0 Å². The summed E-state index contributed by atoms with van der Waals surface area (Å²) in [7, 11) is 0. The average molecular weight is 325 g/mol. The first-order chi connectivity index (χ1) is 11.8. The zero-order valence-electron chi connectivity index (χ0n) is 14.6. The summed E-state index contributed by atoms with van der Waals surface area (Å²) in [6.45, 7) is 4.24. The summed E-state index contributed by atoms with van der Waals surface area (Å²) >= 11 is 0. The number of likely N-dealkylation sites (tertiary alicyclic amines) is 1. The van der Waals surface area contributed by atoms with Gasteiger partial charge < -0.3 is 4.42 Å². The number of nitrogens with zero attached hydrogens (tertiary/aromatic N) is 3. The van der Waals surface area contributed by atoms with Gasteiger partial charge in [0.15, 0.2) is 0 Å². The van der Waals surface area contributed by atoms with Crippen molar-refractivity contribution in [2.45, 2.75) is 63.8 Å². The second kappa shape index (κ2) is 7.06. The molecular weight excluding hydrogens is 298 g/mol. The van der Waals surface area contributed by atoms with Crippen molar-refractivity contribution in [2.24, 2.45) is 0 Å². The molecule has 4 heteroatoms. The fraction of sp³-hybridized carbons (Fsp3) is 0.600. The third kappa shape index (κ3) is 3.25. The Bertz CT molecular complexity index is 681. The van der Waals surface area contributed by atoms with Crippen LogP contribution in [0.25, 0.3) is 0 Å². The van der Waals surface area contributed by atoms with Crippen LogP contribution in [0.15, 0.2) is 28.7 Å². The number of aryl methyl sites for hydroxylation is 3. The molecule has 1 aromatic carbocycles. The predicted molar refractivity (Wildman–Crippen MR) is 94.1 cm³/mol. The van der Waals surface area contributed by atoms with Crippen LogP contribution >= 0.6 is 0 Å². The molecule has 2 aliphatic rings. The van der Waals surface area contributed by atoms with Gasteiger partial charge >= 0.3 is 0 Å². The maximum atomic E-state index is 5.50. The minimum Gasteiger partial charge on any atom is -0.426 e. The van der Waals surface area contributed by atoms with Crippen molar-refractivity contribution in [3.05, 3.63) is 47.2 Å². The van der Waals surface area contributed by atoms with E-state index in [0.717, 1.165) is 37.2 Å².